The van der Waals surface area contributed by atoms with Crippen LogP contribution in [0.3, 0.4) is 0 Å². The monoisotopic (exact) mass is 405 g/mol. The van der Waals surface area contributed by atoms with Crippen LogP contribution in [0.5, 0.6) is 5.75 Å². The summed E-state index contributed by atoms with van der Waals surface area (Å²) in [7, 11) is 3.11. The van der Waals surface area contributed by atoms with Gasteiger partial charge in [-0.25, -0.2) is 4.79 Å². The van der Waals surface area contributed by atoms with Crippen LogP contribution in [0.4, 0.5) is 5.69 Å². The van der Waals surface area contributed by atoms with E-state index in [4.69, 9.17) is 4.74 Å². The molecule has 0 saturated heterocycles. The van der Waals surface area contributed by atoms with Crippen molar-refractivity contribution in [3.63, 3.8) is 0 Å². The first-order chi connectivity index (χ1) is 14.6. The Balaban J connectivity index is 1.37. The molecule has 3 aliphatic rings. The smallest absolute Gasteiger partial charge is 0.330 e. The third kappa shape index (κ3) is 4.23. The third-order valence-electron chi connectivity index (χ3n) is 7.27. The summed E-state index contributed by atoms with van der Waals surface area (Å²) < 4.78 is 9.99. The van der Waals surface area contributed by atoms with E-state index >= 15 is 0 Å². The molecule has 0 heterocycles. The number of nitrogens with one attached hydrogen (secondary N) is 1. The zero-order chi connectivity index (χ0) is 21.0. The fraction of sp³-hybridized carbons (Fsp3) is 0.423. The minimum atomic E-state index is -0.336. The van der Waals surface area contributed by atoms with Gasteiger partial charge in [0.2, 0.25) is 0 Å². The van der Waals surface area contributed by atoms with E-state index in [9.17, 15) is 4.79 Å². The Labute approximate surface area is 179 Å². The van der Waals surface area contributed by atoms with Gasteiger partial charge in [-0.3, -0.25) is 0 Å². The van der Waals surface area contributed by atoms with Crippen molar-refractivity contribution in [2.24, 2.45) is 5.41 Å². The lowest BCUT2D eigenvalue weighted by Gasteiger charge is -2.54. The normalized spacial score (nSPS) is 25.3. The first-order valence-electron chi connectivity index (χ1n) is 10.8. The summed E-state index contributed by atoms with van der Waals surface area (Å²) in [4.78, 5) is 11.3. The molecule has 0 atom stereocenters. The molecule has 2 bridgehead atoms. The molecule has 0 aliphatic heterocycles. The Morgan fingerprint density at radius 1 is 1.00 bits per heavy atom. The molecular weight excluding hydrogens is 374 g/mol. The van der Waals surface area contributed by atoms with Crippen LogP contribution in [-0.4, -0.2) is 26.7 Å². The molecule has 4 heteroatoms. The molecule has 0 unspecified atom stereocenters. The number of benzene rings is 2. The van der Waals surface area contributed by atoms with Crippen LogP contribution in [-0.2, 0) is 14.9 Å². The molecule has 2 aromatic rings. The summed E-state index contributed by atoms with van der Waals surface area (Å²) in [6.45, 7) is 1.01. The van der Waals surface area contributed by atoms with E-state index in [0.717, 1.165) is 23.5 Å². The van der Waals surface area contributed by atoms with Gasteiger partial charge in [-0.15, -0.1) is 0 Å². The van der Waals surface area contributed by atoms with Gasteiger partial charge in [-0.1, -0.05) is 24.3 Å². The Hall–Kier alpha value is -2.75. The molecule has 4 nitrogen and oxygen atoms in total. The lowest BCUT2D eigenvalue weighted by molar-refractivity contribution is -0.134. The molecule has 3 fully saturated rings. The molecule has 3 aliphatic carbocycles. The second kappa shape index (κ2) is 8.55. The van der Waals surface area contributed by atoms with Gasteiger partial charge >= 0.3 is 5.97 Å². The molecule has 0 spiro atoms. The zero-order valence-electron chi connectivity index (χ0n) is 17.9. The molecule has 5 rings (SSSR count). The van der Waals surface area contributed by atoms with Crippen LogP contribution >= 0.6 is 0 Å². The summed E-state index contributed by atoms with van der Waals surface area (Å²) in [6.07, 6.45) is 10.9. The summed E-state index contributed by atoms with van der Waals surface area (Å²) >= 11 is 0. The van der Waals surface area contributed by atoms with E-state index < -0.39 is 0 Å². The first kappa shape index (κ1) is 20.5. The lowest BCUT2D eigenvalue weighted by Crippen LogP contribution is -2.47. The number of carbonyl (C=O) groups excluding carboxylic acids is 1. The Morgan fingerprint density at radius 3 is 2.33 bits per heavy atom. The molecule has 0 radical (unpaired) electrons. The molecule has 30 heavy (non-hydrogen) atoms. The molecule has 3 saturated carbocycles. The van der Waals surface area contributed by atoms with Crippen molar-refractivity contribution in [2.75, 3.05) is 26.1 Å². The summed E-state index contributed by atoms with van der Waals surface area (Å²) in [5.74, 6) is 0.598. The molecule has 2 aromatic carbocycles. The van der Waals surface area contributed by atoms with E-state index in [1.165, 1.54) is 57.3 Å². The van der Waals surface area contributed by atoms with Crippen molar-refractivity contribution in [3.05, 3.63) is 65.7 Å². The maximum absolute atomic E-state index is 11.3. The van der Waals surface area contributed by atoms with E-state index in [2.05, 4.69) is 46.5 Å². The number of hydrogen-bond donors (Lipinski definition) is 1. The van der Waals surface area contributed by atoms with Gasteiger partial charge in [0.15, 0.2) is 0 Å². The van der Waals surface area contributed by atoms with Crippen LogP contribution < -0.4 is 10.1 Å². The van der Waals surface area contributed by atoms with Gasteiger partial charge in [-0.2, -0.15) is 0 Å². The summed E-state index contributed by atoms with van der Waals surface area (Å²) in [6, 6.07) is 16.9. The van der Waals surface area contributed by atoms with Gasteiger partial charge in [0.05, 0.1) is 14.2 Å². The van der Waals surface area contributed by atoms with Crippen molar-refractivity contribution in [1.82, 2.24) is 0 Å². The second-order valence-corrected chi connectivity index (χ2v) is 8.84. The number of hydrogen-bond acceptors (Lipinski definition) is 4. The largest absolute Gasteiger partial charge is 0.497 e. The Morgan fingerprint density at radius 2 is 1.70 bits per heavy atom. The SMILES string of the molecule is COC(=O)/C=C/c1cccc(NCC23CCC(c4ccc(OC)cc4)(CC2)CC3)c1. The van der Waals surface area contributed by atoms with Crippen LogP contribution in [0.2, 0.25) is 0 Å². The van der Waals surface area contributed by atoms with Crippen LogP contribution in [0, 0.1) is 5.41 Å². The van der Waals surface area contributed by atoms with Gasteiger partial charge in [0.25, 0.3) is 0 Å². The molecule has 0 aromatic heterocycles. The van der Waals surface area contributed by atoms with Crippen LogP contribution in [0.15, 0.2) is 54.6 Å². The third-order valence-corrected chi connectivity index (χ3v) is 7.27. The lowest BCUT2D eigenvalue weighted by atomic mass is 9.52. The van der Waals surface area contributed by atoms with Gasteiger partial charge in [0, 0.05) is 18.3 Å². The summed E-state index contributed by atoms with van der Waals surface area (Å²) in [5, 5.41) is 3.67. The van der Waals surface area contributed by atoms with Gasteiger partial charge in [0.1, 0.15) is 5.75 Å². The maximum Gasteiger partial charge on any atom is 0.330 e. The minimum absolute atomic E-state index is 0.336. The zero-order valence-corrected chi connectivity index (χ0v) is 17.9. The highest BCUT2D eigenvalue weighted by Gasteiger charge is 2.49. The highest BCUT2D eigenvalue weighted by molar-refractivity contribution is 5.87. The van der Waals surface area contributed by atoms with E-state index in [0.29, 0.717) is 10.8 Å². The van der Waals surface area contributed by atoms with E-state index in [1.54, 1.807) is 13.2 Å². The second-order valence-electron chi connectivity index (χ2n) is 8.84. The fourth-order valence-electron chi connectivity index (χ4n) is 5.18. The number of rotatable bonds is 7. The van der Waals surface area contributed by atoms with Crippen molar-refractivity contribution < 1.29 is 14.3 Å². The number of ether oxygens (including phenoxy) is 2. The van der Waals surface area contributed by atoms with Gasteiger partial charge in [-0.05, 0) is 90.8 Å². The topological polar surface area (TPSA) is 47.6 Å². The Kier molecular flexibility index (Phi) is 5.85. The van der Waals surface area contributed by atoms with Crippen molar-refractivity contribution in [2.45, 2.75) is 43.9 Å². The van der Waals surface area contributed by atoms with Gasteiger partial charge < -0.3 is 14.8 Å². The molecule has 0 amide bonds. The standard InChI is InChI=1S/C26H31NO3/c1-29-23-9-7-21(8-10-23)26-15-12-25(13-16-26,14-17-26)19-27-22-5-3-4-20(18-22)6-11-24(28)30-2/h3-11,18,27H,12-17,19H2,1-2H3/b11-6+. The fourth-order valence-corrected chi connectivity index (χ4v) is 5.18. The highest BCUT2D eigenvalue weighted by atomic mass is 16.5. The number of anilines is 1. The predicted octanol–water partition coefficient (Wildman–Crippen LogP) is 5.59. The number of carbonyl (C=O) groups is 1. The first-order valence-corrected chi connectivity index (χ1v) is 10.8. The van der Waals surface area contributed by atoms with E-state index in [1.807, 2.05) is 12.1 Å². The average molecular weight is 406 g/mol. The van der Waals surface area contributed by atoms with Crippen molar-refractivity contribution >= 4 is 17.7 Å². The average Bonchev–Trinajstić information content (AvgIpc) is 2.83. The van der Waals surface area contributed by atoms with Crippen LogP contribution in [0.25, 0.3) is 6.08 Å². The highest BCUT2D eigenvalue weighted by Crippen LogP contribution is 2.57. The number of methoxy groups -OCH3 is 2. The predicted molar refractivity (Wildman–Crippen MR) is 121 cm³/mol. The summed E-state index contributed by atoms with van der Waals surface area (Å²) in [5.41, 5.74) is 4.33. The van der Waals surface area contributed by atoms with E-state index in [-0.39, 0.29) is 5.97 Å². The minimum Gasteiger partial charge on any atom is -0.497 e. The molecular formula is C26H31NO3. The van der Waals surface area contributed by atoms with Crippen LogP contribution in [0.1, 0.15) is 49.7 Å². The number of fused-ring (bicyclic) bond motifs is 3. The van der Waals surface area contributed by atoms with Crippen molar-refractivity contribution in [3.8, 4) is 5.75 Å². The quantitative estimate of drug-likeness (QED) is 0.482. The Bertz CT molecular complexity index is 892. The molecule has 1 N–H and O–H groups in total. The van der Waals surface area contributed by atoms with Crippen molar-refractivity contribution in [1.29, 1.82) is 0 Å². The molecule has 158 valence electrons. The maximum atomic E-state index is 11.3. The number of esters is 1.